The van der Waals surface area contributed by atoms with E-state index >= 15 is 0 Å². The van der Waals surface area contributed by atoms with Crippen molar-refractivity contribution in [3.63, 3.8) is 0 Å². The second kappa shape index (κ2) is 8.21. The van der Waals surface area contributed by atoms with Gasteiger partial charge in [-0.05, 0) is 29.8 Å². The monoisotopic (exact) mass is 383 g/mol. The van der Waals surface area contributed by atoms with Crippen LogP contribution >= 0.6 is 22.9 Å². The molecule has 0 radical (unpaired) electrons. The van der Waals surface area contributed by atoms with Gasteiger partial charge in [-0.1, -0.05) is 41.9 Å². The van der Waals surface area contributed by atoms with Gasteiger partial charge in [0.2, 0.25) is 0 Å². The summed E-state index contributed by atoms with van der Waals surface area (Å²) in [5.74, 6) is 0. The van der Waals surface area contributed by atoms with Crippen molar-refractivity contribution in [2.24, 2.45) is 0 Å². The molecule has 1 fully saturated rings. The van der Waals surface area contributed by atoms with Gasteiger partial charge in [-0.2, -0.15) is 0 Å². The molecule has 0 spiro atoms. The molecular weight excluding hydrogens is 362 g/mol. The van der Waals surface area contributed by atoms with E-state index in [1.165, 1.54) is 22.0 Å². The molecule has 0 saturated carbocycles. The predicted molar refractivity (Wildman–Crippen MR) is 110 cm³/mol. The summed E-state index contributed by atoms with van der Waals surface area (Å²) in [6.07, 6.45) is 0.879. The Balaban J connectivity index is 1.30. The van der Waals surface area contributed by atoms with Crippen molar-refractivity contribution in [2.75, 3.05) is 31.1 Å². The molecule has 134 valence electrons. The van der Waals surface area contributed by atoms with Crippen LogP contribution in [0.5, 0.6) is 0 Å². The van der Waals surface area contributed by atoms with Gasteiger partial charge >= 0.3 is 0 Å². The van der Waals surface area contributed by atoms with Crippen LogP contribution in [0.25, 0.3) is 0 Å². The molecule has 1 saturated heterocycles. The average molecular weight is 384 g/mol. The van der Waals surface area contributed by atoms with Crippen LogP contribution in [0.1, 0.15) is 16.3 Å². The summed E-state index contributed by atoms with van der Waals surface area (Å²) >= 11 is 7.71. The molecule has 1 aromatic heterocycles. The molecule has 1 aliphatic heterocycles. The van der Waals surface area contributed by atoms with E-state index in [2.05, 4.69) is 57.6 Å². The van der Waals surface area contributed by atoms with E-state index in [9.17, 15) is 0 Å². The predicted octanol–water partition coefficient (Wildman–Crippen LogP) is 4.71. The van der Waals surface area contributed by atoms with Crippen molar-refractivity contribution in [3.8, 4) is 0 Å². The van der Waals surface area contributed by atoms with Crippen molar-refractivity contribution in [2.45, 2.75) is 13.0 Å². The summed E-state index contributed by atoms with van der Waals surface area (Å²) in [7, 11) is 0. The zero-order chi connectivity index (χ0) is 17.8. The first-order valence-electron chi connectivity index (χ1n) is 8.96. The van der Waals surface area contributed by atoms with E-state index in [4.69, 9.17) is 16.6 Å². The van der Waals surface area contributed by atoms with Gasteiger partial charge < -0.3 is 4.90 Å². The molecule has 0 bridgehead atoms. The van der Waals surface area contributed by atoms with E-state index in [0.717, 1.165) is 44.2 Å². The molecule has 1 aliphatic rings. The number of hydrogen-bond donors (Lipinski definition) is 0. The lowest BCUT2D eigenvalue weighted by atomic mass is 10.2. The highest BCUT2D eigenvalue weighted by Crippen LogP contribution is 2.20. The molecule has 0 unspecified atom stereocenters. The van der Waals surface area contributed by atoms with Gasteiger partial charge in [-0.15, -0.1) is 11.3 Å². The number of aromatic nitrogens is 1. The highest BCUT2D eigenvalue weighted by atomic mass is 35.5. The normalized spacial score (nSPS) is 15.3. The fraction of sp³-hybridized carbons (Fsp3) is 0.286. The van der Waals surface area contributed by atoms with Crippen LogP contribution in [-0.2, 0) is 13.0 Å². The smallest absolute Gasteiger partial charge is 0.0972 e. The molecular formula is C21H22ClN3S. The van der Waals surface area contributed by atoms with Crippen molar-refractivity contribution < 1.29 is 0 Å². The summed E-state index contributed by atoms with van der Waals surface area (Å²) in [6.45, 7) is 5.26. The summed E-state index contributed by atoms with van der Waals surface area (Å²) in [5.41, 5.74) is 3.77. The van der Waals surface area contributed by atoms with E-state index in [0.29, 0.717) is 0 Å². The Labute approximate surface area is 163 Å². The Bertz CT molecular complexity index is 824. The van der Waals surface area contributed by atoms with Crippen LogP contribution in [0.2, 0.25) is 5.02 Å². The lowest BCUT2D eigenvalue weighted by molar-refractivity contribution is 0.247. The Morgan fingerprint density at radius 1 is 0.923 bits per heavy atom. The van der Waals surface area contributed by atoms with E-state index in [1.807, 2.05) is 12.1 Å². The zero-order valence-electron chi connectivity index (χ0n) is 14.6. The molecule has 0 amide bonds. The van der Waals surface area contributed by atoms with Gasteiger partial charge in [0, 0.05) is 55.2 Å². The van der Waals surface area contributed by atoms with Crippen molar-refractivity contribution in [3.05, 3.63) is 81.3 Å². The van der Waals surface area contributed by atoms with E-state index in [-0.39, 0.29) is 0 Å². The minimum Gasteiger partial charge on any atom is -0.369 e. The van der Waals surface area contributed by atoms with Crippen LogP contribution in [0.3, 0.4) is 0 Å². The molecule has 0 aliphatic carbocycles. The number of rotatable bonds is 5. The number of nitrogens with zero attached hydrogens (tertiary/aromatic N) is 3. The maximum absolute atomic E-state index is 5.95. The minimum absolute atomic E-state index is 0.781. The number of benzene rings is 2. The second-order valence-corrected chi connectivity index (χ2v) is 8.01. The van der Waals surface area contributed by atoms with Gasteiger partial charge in [-0.3, -0.25) is 4.90 Å². The van der Waals surface area contributed by atoms with Crippen molar-refractivity contribution in [1.29, 1.82) is 0 Å². The summed E-state index contributed by atoms with van der Waals surface area (Å²) in [4.78, 5) is 9.79. The number of thiazole rings is 1. The van der Waals surface area contributed by atoms with E-state index in [1.54, 1.807) is 11.3 Å². The maximum Gasteiger partial charge on any atom is 0.0972 e. The minimum atomic E-state index is 0.781. The largest absolute Gasteiger partial charge is 0.369 e. The van der Waals surface area contributed by atoms with Crippen molar-refractivity contribution >= 4 is 28.6 Å². The molecule has 5 heteroatoms. The fourth-order valence-electron chi connectivity index (χ4n) is 3.31. The molecule has 2 heterocycles. The number of hydrogen-bond acceptors (Lipinski definition) is 4. The molecule has 0 N–H and O–H groups in total. The Morgan fingerprint density at radius 3 is 2.38 bits per heavy atom. The Hall–Kier alpha value is -1.88. The third-order valence-corrected chi connectivity index (χ3v) is 5.90. The van der Waals surface area contributed by atoms with Gasteiger partial charge in [0.05, 0.1) is 10.7 Å². The van der Waals surface area contributed by atoms with Gasteiger partial charge in [0.25, 0.3) is 0 Å². The van der Waals surface area contributed by atoms with Crippen LogP contribution in [-0.4, -0.2) is 36.1 Å². The quantitative estimate of drug-likeness (QED) is 0.636. The van der Waals surface area contributed by atoms with Gasteiger partial charge in [-0.25, -0.2) is 4.98 Å². The Kier molecular flexibility index (Phi) is 5.54. The third-order valence-electron chi connectivity index (χ3n) is 4.75. The molecule has 0 atom stereocenters. The zero-order valence-corrected chi connectivity index (χ0v) is 16.2. The van der Waals surface area contributed by atoms with Gasteiger partial charge in [0.1, 0.15) is 0 Å². The van der Waals surface area contributed by atoms with Gasteiger partial charge in [0.15, 0.2) is 0 Å². The first-order valence-corrected chi connectivity index (χ1v) is 10.2. The van der Waals surface area contributed by atoms with Crippen LogP contribution < -0.4 is 4.90 Å². The maximum atomic E-state index is 5.95. The third kappa shape index (κ3) is 4.44. The first-order chi connectivity index (χ1) is 12.8. The number of anilines is 1. The average Bonchev–Trinajstić information content (AvgIpc) is 3.12. The van der Waals surface area contributed by atoms with Crippen molar-refractivity contribution in [1.82, 2.24) is 9.88 Å². The second-order valence-electron chi connectivity index (χ2n) is 6.63. The molecule has 2 aromatic carbocycles. The summed E-state index contributed by atoms with van der Waals surface area (Å²) in [6, 6.07) is 18.7. The fourth-order valence-corrected chi connectivity index (χ4v) is 4.26. The van der Waals surface area contributed by atoms with Crippen LogP contribution in [0.4, 0.5) is 5.69 Å². The Morgan fingerprint density at radius 2 is 1.65 bits per heavy atom. The highest BCUT2D eigenvalue weighted by Gasteiger charge is 2.18. The topological polar surface area (TPSA) is 19.4 Å². The lowest BCUT2D eigenvalue weighted by Gasteiger charge is -2.35. The lowest BCUT2D eigenvalue weighted by Crippen LogP contribution is -2.46. The van der Waals surface area contributed by atoms with E-state index < -0.39 is 0 Å². The molecule has 3 aromatic rings. The number of halogens is 1. The molecule has 3 nitrogen and oxygen atoms in total. The molecule has 4 rings (SSSR count). The SMILES string of the molecule is Clc1ccc(Cc2nc(CN3CCN(c4ccccc4)CC3)cs2)cc1. The standard InChI is InChI=1S/C21H22ClN3S/c22-18-8-6-17(7-9-18)14-21-23-19(16-26-21)15-24-10-12-25(13-11-24)20-4-2-1-3-5-20/h1-9,16H,10-15H2. The molecule has 26 heavy (non-hydrogen) atoms. The highest BCUT2D eigenvalue weighted by molar-refractivity contribution is 7.09. The summed E-state index contributed by atoms with van der Waals surface area (Å²) < 4.78 is 0. The number of piperazine rings is 1. The summed E-state index contributed by atoms with van der Waals surface area (Å²) in [5, 5.41) is 4.16. The van der Waals surface area contributed by atoms with Crippen LogP contribution in [0.15, 0.2) is 60.0 Å². The number of para-hydroxylation sites is 1. The van der Waals surface area contributed by atoms with Crippen LogP contribution in [0, 0.1) is 0 Å². The first kappa shape index (κ1) is 17.5.